The van der Waals surface area contributed by atoms with Gasteiger partial charge in [-0.2, -0.15) is 0 Å². The van der Waals surface area contributed by atoms with Crippen molar-refractivity contribution in [3.63, 3.8) is 0 Å². The fourth-order valence-electron chi connectivity index (χ4n) is 4.48. The first kappa shape index (κ1) is 21.5. The molecule has 2 fully saturated rings. The van der Waals surface area contributed by atoms with Crippen LogP contribution < -0.4 is 14.4 Å². The summed E-state index contributed by atoms with van der Waals surface area (Å²) in [6.07, 6.45) is 1.45. The number of benzene rings is 2. The third kappa shape index (κ3) is 5.11. The summed E-state index contributed by atoms with van der Waals surface area (Å²) in [6, 6.07) is 18.0. The zero-order valence-electron chi connectivity index (χ0n) is 18.1. The Morgan fingerprint density at radius 2 is 1.65 bits per heavy atom. The number of aliphatic hydroxyl groups excluding tert-OH is 1. The molecule has 2 aliphatic rings. The van der Waals surface area contributed by atoms with Crippen LogP contribution in [0.1, 0.15) is 12.8 Å². The van der Waals surface area contributed by atoms with Crippen molar-refractivity contribution in [2.45, 2.75) is 25.0 Å². The summed E-state index contributed by atoms with van der Waals surface area (Å²) in [5.74, 6) is 1.93. The number of nitrogens with zero attached hydrogens (tertiary/aromatic N) is 3. The second-order valence-corrected chi connectivity index (χ2v) is 8.15. The second kappa shape index (κ2) is 10.0. The van der Waals surface area contributed by atoms with Gasteiger partial charge in [0.15, 0.2) is 17.5 Å². The highest BCUT2D eigenvalue weighted by Crippen LogP contribution is 2.27. The Morgan fingerprint density at radius 3 is 2.35 bits per heavy atom. The van der Waals surface area contributed by atoms with Crippen molar-refractivity contribution in [1.29, 1.82) is 5.41 Å². The van der Waals surface area contributed by atoms with E-state index in [0.29, 0.717) is 30.0 Å². The van der Waals surface area contributed by atoms with Crippen LogP contribution >= 0.6 is 0 Å². The summed E-state index contributed by atoms with van der Waals surface area (Å²) in [5, 5.41) is 19.1. The predicted molar refractivity (Wildman–Crippen MR) is 122 cm³/mol. The Kier molecular flexibility index (Phi) is 6.94. The highest BCUT2D eigenvalue weighted by atomic mass is 16.5. The molecule has 2 aromatic carbocycles. The van der Waals surface area contributed by atoms with Gasteiger partial charge in [0.25, 0.3) is 0 Å². The topological polar surface area (TPSA) is 72.3 Å². The smallest absolute Gasteiger partial charge is 0.198 e. The molecule has 1 unspecified atom stereocenters. The van der Waals surface area contributed by atoms with Gasteiger partial charge in [-0.1, -0.05) is 30.3 Å². The summed E-state index contributed by atoms with van der Waals surface area (Å²) in [5.41, 5.74) is 1.09. The van der Waals surface area contributed by atoms with Crippen LogP contribution in [-0.2, 0) is 0 Å². The molecular weight excluding hydrogens is 392 g/mol. The van der Waals surface area contributed by atoms with Gasteiger partial charge in [0.1, 0.15) is 12.7 Å². The maximum absolute atomic E-state index is 10.4. The first-order valence-corrected chi connectivity index (χ1v) is 11.0. The summed E-state index contributed by atoms with van der Waals surface area (Å²) >= 11 is 0. The van der Waals surface area contributed by atoms with Crippen molar-refractivity contribution in [3.05, 3.63) is 54.6 Å². The largest absolute Gasteiger partial charge is 0.493 e. The molecule has 0 aromatic heterocycles. The van der Waals surface area contributed by atoms with E-state index >= 15 is 0 Å². The monoisotopic (exact) mass is 424 g/mol. The molecule has 0 spiro atoms. The van der Waals surface area contributed by atoms with Crippen LogP contribution in [0.15, 0.2) is 54.6 Å². The van der Waals surface area contributed by atoms with E-state index in [0.717, 1.165) is 44.7 Å². The third-order valence-corrected chi connectivity index (χ3v) is 6.13. The molecular formula is C24H32N4O3. The van der Waals surface area contributed by atoms with Crippen LogP contribution in [0.3, 0.4) is 0 Å². The summed E-state index contributed by atoms with van der Waals surface area (Å²) in [6.45, 7) is 4.44. The van der Waals surface area contributed by atoms with Crippen LogP contribution in [0.4, 0.5) is 5.69 Å². The highest BCUT2D eigenvalue weighted by molar-refractivity contribution is 5.96. The van der Waals surface area contributed by atoms with Crippen molar-refractivity contribution in [2.24, 2.45) is 0 Å². The molecule has 1 atom stereocenters. The van der Waals surface area contributed by atoms with Crippen molar-refractivity contribution in [1.82, 2.24) is 9.80 Å². The predicted octanol–water partition coefficient (Wildman–Crippen LogP) is 2.66. The number of aliphatic hydroxyl groups is 1. The summed E-state index contributed by atoms with van der Waals surface area (Å²) in [4.78, 5) is 6.62. The van der Waals surface area contributed by atoms with Crippen LogP contribution in [0.25, 0.3) is 0 Å². The lowest BCUT2D eigenvalue weighted by Gasteiger charge is -2.38. The Hall–Kier alpha value is -2.77. The number of guanidine groups is 1. The molecule has 2 saturated heterocycles. The van der Waals surface area contributed by atoms with E-state index in [1.165, 1.54) is 0 Å². The number of hydrogen-bond acceptors (Lipinski definition) is 5. The van der Waals surface area contributed by atoms with Crippen molar-refractivity contribution in [2.75, 3.05) is 51.3 Å². The zero-order valence-corrected chi connectivity index (χ0v) is 18.1. The average Bonchev–Trinajstić information content (AvgIpc) is 3.20. The molecule has 0 bridgehead atoms. The average molecular weight is 425 g/mol. The molecule has 0 amide bonds. The molecule has 0 saturated carbocycles. The van der Waals surface area contributed by atoms with Gasteiger partial charge in [-0.05, 0) is 37.1 Å². The highest BCUT2D eigenvalue weighted by Gasteiger charge is 2.33. The number of para-hydroxylation sites is 3. The van der Waals surface area contributed by atoms with E-state index in [1.807, 2.05) is 42.5 Å². The second-order valence-electron chi connectivity index (χ2n) is 8.15. The minimum absolute atomic E-state index is 0.239. The van der Waals surface area contributed by atoms with Gasteiger partial charge >= 0.3 is 0 Å². The fourth-order valence-corrected chi connectivity index (χ4v) is 4.48. The number of nitrogens with one attached hydrogen (secondary N) is 1. The van der Waals surface area contributed by atoms with E-state index in [4.69, 9.17) is 14.9 Å². The SMILES string of the molecule is COc1ccccc1OCC(O)CN1CCC(N2CCN(c3ccccc3)C2=N)CC1. The molecule has 31 heavy (non-hydrogen) atoms. The summed E-state index contributed by atoms with van der Waals surface area (Å²) in [7, 11) is 1.61. The lowest BCUT2D eigenvalue weighted by atomic mass is 10.0. The Morgan fingerprint density at radius 1 is 0.968 bits per heavy atom. The molecule has 7 heteroatoms. The van der Waals surface area contributed by atoms with E-state index in [2.05, 4.69) is 26.8 Å². The van der Waals surface area contributed by atoms with Gasteiger partial charge < -0.3 is 29.3 Å². The minimum Gasteiger partial charge on any atom is -0.493 e. The summed E-state index contributed by atoms with van der Waals surface area (Å²) < 4.78 is 11.0. The van der Waals surface area contributed by atoms with E-state index < -0.39 is 6.10 Å². The van der Waals surface area contributed by atoms with Crippen molar-refractivity contribution in [3.8, 4) is 11.5 Å². The van der Waals surface area contributed by atoms with E-state index in [1.54, 1.807) is 7.11 Å². The van der Waals surface area contributed by atoms with Crippen LogP contribution in [-0.4, -0.2) is 79.5 Å². The molecule has 7 nitrogen and oxygen atoms in total. The maximum Gasteiger partial charge on any atom is 0.198 e. The van der Waals surface area contributed by atoms with E-state index in [9.17, 15) is 5.11 Å². The number of rotatable bonds is 8. The third-order valence-electron chi connectivity index (χ3n) is 6.13. The van der Waals surface area contributed by atoms with Gasteiger partial charge in [0.2, 0.25) is 0 Å². The van der Waals surface area contributed by atoms with Gasteiger partial charge in [0, 0.05) is 44.5 Å². The number of ether oxygens (including phenoxy) is 2. The van der Waals surface area contributed by atoms with E-state index in [-0.39, 0.29) is 6.61 Å². The number of β-amino-alcohol motifs (C(OH)–C–C–N with tert-alkyl or cyclic N) is 1. The molecule has 2 aromatic rings. The lowest BCUT2D eigenvalue weighted by Crippen LogP contribution is -2.48. The first-order chi connectivity index (χ1) is 15.2. The molecule has 2 N–H and O–H groups in total. The van der Waals surface area contributed by atoms with Gasteiger partial charge in [-0.3, -0.25) is 5.41 Å². The van der Waals surface area contributed by atoms with Gasteiger partial charge in [-0.25, -0.2) is 0 Å². The molecule has 0 radical (unpaired) electrons. The lowest BCUT2D eigenvalue weighted by molar-refractivity contribution is 0.0520. The zero-order chi connectivity index (χ0) is 21.6. The van der Waals surface area contributed by atoms with Crippen LogP contribution in [0.2, 0.25) is 0 Å². The van der Waals surface area contributed by atoms with Gasteiger partial charge in [0.05, 0.1) is 7.11 Å². The number of anilines is 1. The fraction of sp³-hybridized carbons (Fsp3) is 0.458. The Bertz CT molecular complexity index is 855. The Balaban J connectivity index is 1.22. The van der Waals surface area contributed by atoms with Crippen molar-refractivity contribution >= 4 is 11.6 Å². The first-order valence-electron chi connectivity index (χ1n) is 11.0. The number of methoxy groups -OCH3 is 1. The molecule has 0 aliphatic carbocycles. The number of piperidine rings is 1. The number of hydrogen-bond donors (Lipinski definition) is 2. The minimum atomic E-state index is -0.555. The maximum atomic E-state index is 10.4. The van der Waals surface area contributed by atoms with Crippen LogP contribution in [0, 0.1) is 5.41 Å². The standard InChI is InChI=1S/C24H32N4O3/c1-30-22-9-5-6-10-23(22)31-18-21(29)17-26-13-11-20(12-14-26)28-16-15-27(24(28)25)19-7-3-2-4-8-19/h2-10,20-21,25,29H,11-18H2,1H3. The Labute approximate surface area is 184 Å². The molecule has 4 rings (SSSR count). The normalized spacial score (nSPS) is 19.0. The molecule has 2 aliphatic heterocycles. The molecule has 2 heterocycles. The quantitative estimate of drug-likeness (QED) is 0.679. The van der Waals surface area contributed by atoms with Gasteiger partial charge in [-0.15, -0.1) is 0 Å². The van der Waals surface area contributed by atoms with Crippen LogP contribution in [0.5, 0.6) is 11.5 Å². The number of likely N-dealkylation sites (tertiary alicyclic amines) is 1. The molecule has 166 valence electrons. The van der Waals surface area contributed by atoms with Crippen molar-refractivity contribution < 1.29 is 14.6 Å².